The Bertz CT molecular complexity index is 3730. The lowest BCUT2D eigenvalue weighted by Crippen LogP contribution is -2.17. The molecule has 0 saturated carbocycles. The van der Waals surface area contributed by atoms with Gasteiger partial charge >= 0.3 is 12.4 Å². The zero-order chi connectivity index (χ0) is 56.3. The molecule has 2 aliphatic rings. The summed E-state index contributed by atoms with van der Waals surface area (Å²) in [6, 6.07) is 57.1. The van der Waals surface area contributed by atoms with E-state index >= 15 is 26.3 Å². The largest absolute Gasteiger partial charge is 0.417 e. The van der Waals surface area contributed by atoms with Gasteiger partial charge < -0.3 is 0 Å². The van der Waals surface area contributed by atoms with Gasteiger partial charge in [0.05, 0.1) is 22.8 Å². The van der Waals surface area contributed by atoms with Gasteiger partial charge in [0.2, 0.25) is 0 Å². The first-order chi connectivity index (χ1) is 38.1. The smallest absolute Gasteiger partial charge is 0.192 e. The fourth-order valence-corrected chi connectivity index (χ4v) is 13.3. The molecule has 0 saturated heterocycles. The molecule has 0 fully saturated rings. The molecule has 10 aromatic rings. The SMILES string of the molecule is Cc1cc(C)cc(-c2ccc3c(c2)C(c2cc(C#N)cc(C4c5cc(-c6cc(C)cc(C)c6)ccc5-c5ccc(-c6cc(C)cc(C)c6)cc54)c2-c2c(C(F)(F)F)cccc2C(F)(F)F)c2cc(-c4cc(C)cc(C)c4)ccc2-3)c1. The molecule has 0 unspecified atom stereocenters. The summed E-state index contributed by atoms with van der Waals surface area (Å²) < 4.78 is 97.4. The molecule has 0 atom stereocenters. The topological polar surface area (TPSA) is 23.8 Å². The van der Waals surface area contributed by atoms with Crippen molar-refractivity contribution in [1.82, 2.24) is 0 Å². The molecule has 10 aromatic carbocycles. The van der Waals surface area contributed by atoms with Crippen LogP contribution in [0, 0.1) is 66.7 Å². The van der Waals surface area contributed by atoms with Crippen molar-refractivity contribution in [2.75, 3.05) is 0 Å². The summed E-state index contributed by atoms with van der Waals surface area (Å²) in [6.45, 7) is 16.1. The Balaban J connectivity index is 1.24. The van der Waals surface area contributed by atoms with Gasteiger partial charge in [-0.1, -0.05) is 172 Å². The third-order valence-electron chi connectivity index (χ3n) is 16.1. The van der Waals surface area contributed by atoms with Crippen molar-refractivity contribution in [3.63, 3.8) is 0 Å². The molecule has 0 spiro atoms. The molecule has 80 heavy (non-hydrogen) atoms. The first-order valence-corrected chi connectivity index (χ1v) is 26.9. The fourth-order valence-electron chi connectivity index (χ4n) is 13.3. The number of halogens is 6. The van der Waals surface area contributed by atoms with Gasteiger partial charge in [-0.15, -0.1) is 0 Å². The summed E-state index contributed by atoms with van der Waals surface area (Å²) in [7, 11) is 0. The number of rotatable bonds is 7. The van der Waals surface area contributed by atoms with E-state index in [4.69, 9.17) is 0 Å². The average molecular weight is 1060 g/mol. The zero-order valence-electron chi connectivity index (χ0n) is 45.6. The van der Waals surface area contributed by atoms with E-state index in [0.717, 1.165) is 129 Å². The Morgan fingerprint density at radius 2 is 0.562 bits per heavy atom. The molecular weight excluding hydrogens is 1000 g/mol. The van der Waals surface area contributed by atoms with Gasteiger partial charge in [-0.3, -0.25) is 0 Å². The molecule has 0 aliphatic heterocycles. The van der Waals surface area contributed by atoms with Crippen LogP contribution in [0.5, 0.6) is 0 Å². The molecule has 7 heteroatoms. The van der Waals surface area contributed by atoms with Crippen molar-refractivity contribution in [3.8, 4) is 84.0 Å². The molecule has 2 aliphatic carbocycles. The maximum Gasteiger partial charge on any atom is 0.417 e. The summed E-state index contributed by atoms with van der Waals surface area (Å²) in [5.41, 5.74) is 17.8. The molecule has 0 radical (unpaired) electrons. The molecule has 394 valence electrons. The minimum absolute atomic E-state index is 0.105. The summed E-state index contributed by atoms with van der Waals surface area (Å²) in [5, 5.41) is 11.4. The van der Waals surface area contributed by atoms with E-state index in [1.54, 1.807) is 12.1 Å². The van der Waals surface area contributed by atoms with Crippen molar-refractivity contribution in [2.24, 2.45) is 0 Å². The second-order valence-electron chi connectivity index (χ2n) is 22.4. The Labute approximate surface area is 463 Å². The van der Waals surface area contributed by atoms with Gasteiger partial charge in [0.1, 0.15) is 0 Å². The van der Waals surface area contributed by atoms with Crippen molar-refractivity contribution >= 4 is 0 Å². The second kappa shape index (κ2) is 19.3. The highest BCUT2D eigenvalue weighted by Crippen LogP contribution is 2.59. The first kappa shape index (κ1) is 52.0. The van der Waals surface area contributed by atoms with E-state index in [1.165, 1.54) is 0 Å². The van der Waals surface area contributed by atoms with Gasteiger partial charge in [0.15, 0.2) is 0 Å². The minimum atomic E-state index is -5.24. The van der Waals surface area contributed by atoms with Crippen LogP contribution in [-0.4, -0.2) is 0 Å². The number of benzene rings is 10. The maximum absolute atomic E-state index is 16.2. The minimum Gasteiger partial charge on any atom is -0.192 e. The van der Waals surface area contributed by atoms with Gasteiger partial charge in [0, 0.05) is 17.4 Å². The van der Waals surface area contributed by atoms with Crippen LogP contribution in [0.1, 0.15) is 106 Å². The number of hydrogen-bond acceptors (Lipinski definition) is 1. The lowest BCUT2D eigenvalue weighted by molar-refractivity contribution is -0.142. The quantitative estimate of drug-likeness (QED) is 0.146. The lowest BCUT2D eigenvalue weighted by atomic mass is 9.74. The highest BCUT2D eigenvalue weighted by atomic mass is 19.4. The highest BCUT2D eigenvalue weighted by molar-refractivity contribution is 5.93. The summed E-state index contributed by atoms with van der Waals surface area (Å²) >= 11 is 0. The number of aryl methyl sites for hydroxylation is 8. The molecule has 0 N–H and O–H groups in total. The normalized spacial score (nSPS) is 13.0. The van der Waals surface area contributed by atoms with Gasteiger partial charge in [-0.2, -0.15) is 31.6 Å². The van der Waals surface area contributed by atoms with E-state index in [1.807, 2.05) is 128 Å². The number of nitrogens with zero attached hydrogens (tertiary/aromatic N) is 1. The van der Waals surface area contributed by atoms with Crippen LogP contribution >= 0.6 is 0 Å². The predicted octanol–water partition coefficient (Wildman–Crippen LogP) is 20.7. The standard InChI is InChI=1S/C73H55F6N/c1-39-20-40(2)25-52(24-39)48-12-16-56-57-17-13-49(53-26-41(3)21-42(4)27-53)35-61(57)68(60(56)34-48)64-32-47(38-80)33-65(70(64)71-66(72(74,75)76)10-9-11-67(71)73(77,78)79)69-62-36-50(54-28-43(5)22-44(6)29-54)14-18-58(62)59-19-15-51(37-63(59)69)55-30-45(7)23-46(8)31-55/h9-37,68-69H,1-8H3. The Morgan fingerprint density at radius 1 is 0.300 bits per heavy atom. The van der Waals surface area contributed by atoms with E-state index in [0.29, 0.717) is 22.3 Å². The van der Waals surface area contributed by atoms with Crippen molar-refractivity contribution in [3.05, 3.63) is 271 Å². The number of nitriles is 1. The number of hydrogen-bond donors (Lipinski definition) is 0. The number of alkyl halides is 6. The monoisotopic (exact) mass is 1060 g/mol. The fraction of sp³-hybridized carbons (Fsp3) is 0.164. The van der Waals surface area contributed by atoms with Gasteiger partial charge in [0.25, 0.3) is 0 Å². The molecule has 0 amide bonds. The van der Waals surface area contributed by atoms with Crippen LogP contribution in [0.3, 0.4) is 0 Å². The zero-order valence-corrected chi connectivity index (χ0v) is 45.6. The third kappa shape index (κ3) is 9.21. The maximum atomic E-state index is 16.2. The van der Waals surface area contributed by atoms with Crippen LogP contribution < -0.4 is 0 Å². The Morgan fingerprint density at radius 3 is 0.800 bits per heavy atom. The van der Waals surface area contributed by atoms with E-state index < -0.39 is 40.9 Å². The van der Waals surface area contributed by atoms with E-state index in [-0.39, 0.29) is 22.3 Å². The molecule has 0 heterocycles. The average Bonchev–Trinajstić information content (AvgIpc) is 2.67. The molecule has 0 aromatic heterocycles. The van der Waals surface area contributed by atoms with Crippen molar-refractivity contribution < 1.29 is 26.3 Å². The third-order valence-corrected chi connectivity index (χ3v) is 16.1. The summed E-state index contributed by atoms with van der Waals surface area (Å²) in [4.78, 5) is 0. The van der Waals surface area contributed by atoms with Crippen molar-refractivity contribution in [2.45, 2.75) is 79.6 Å². The first-order valence-electron chi connectivity index (χ1n) is 26.9. The van der Waals surface area contributed by atoms with E-state index in [9.17, 15) is 5.26 Å². The van der Waals surface area contributed by atoms with Crippen LogP contribution in [0.2, 0.25) is 0 Å². The second-order valence-corrected chi connectivity index (χ2v) is 22.4. The van der Waals surface area contributed by atoms with Crippen molar-refractivity contribution in [1.29, 1.82) is 5.26 Å². The highest BCUT2D eigenvalue weighted by Gasteiger charge is 2.45. The lowest BCUT2D eigenvalue weighted by Gasteiger charge is -2.29. The Hall–Kier alpha value is -8.73. The van der Waals surface area contributed by atoms with E-state index in [2.05, 4.69) is 78.9 Å². The van der Waals surface area contributed by atoms with Crippen LogP contribution in [0.25, 0.3) is 77.9 Å². The van der Waals surface area contributed by atoms with Crippen LogP contribution in [0.15, 0.2) is 176 Å². The molecular formula is C73H55F6N. The molecule has 1 nitrogen and oxygen atoms in total. The van der Waals surface area contributed by atoms with Gasteiger partial charge in [-0.25, -0.2) is 0 Å². The summed E-state index contributed by atoms with van der Waals surface area (Å²) in [6.07, 6.45) is -10.5. The van der Waals surface area contributed by atoms with Crippen LogP contribution in [-0.2, 0) is 12.4 Å². The molecule has 0 bridgehead atoms. The predicted molar refractivity (Wildman–Crippen MR) is 312 cm³/mol. The van der Waals surface area contributed by atoms with Gasteiger partial charge in [-0.05, 0) is 210 Å². The Kier molecular flexibility index (Phi) is 12.5. The molecule has 12 rings (SSSR count). The number of fused-ring (bicyclic) bond motifs is 6. The van der Waals surface area contributed by atoms with Crippen LogP contribution in [0.4, 0.5) is 26.3 Å². The summed E-state index contributed by atoms with van der Waals surface area (Å²) in [5.74, 6) is -1.91.